The largest absolute Gasteiger partial charge is 0.486 e. The van der Waals surface area contributed by atoms with Gasteiger partial charge in [0.25, 0.3) is 11.5 Å². The number of aromatic nitrogens is 1. The number of benzene rings is 1. The highest BCUT2D eigenvalue weighted by Crippen LogP contribution is 2.38. The fraction of sp³-hybridized carbons (Fsp3) is 0.158. The van der Waals surface area contributed by atoms with Crippen LogP contribution in [0.5, 0.6) is 11.5 Å². The van der Waals surface area contributed by atoms with Crippen molar-refractivity contribution in [1.82, 2.24) is 4.57 Å². The van der Waals surface area contributed by atoms with Crippen LogP contribution in [0.1, 0.15) is 16.3 Å². The van der Waals surface area contributed by atoms with E-state index in [1.54, 1.807) is 42.6 Å². The number of anilines is 1. The van der Waals surface area contributed by atoms with Gasteiger partial charge >= 0.3 is 0 Å². The topological polar surface area (TPSA) is 82.7 Å². The lowest BCUT2D eigenvalue weighted by Crippen LogP contribution is -2.18. The highest BCUT2D eigenvalue weighted by molar-refractivity contribution is 9.10. The molecule has 0 spiro atoms. The molecule has 0 radical (unpaired) electrons. The zero-order valence-corrected chi connectivity index (χ0v) is 15.7. The van der Waals surface area contributed by atoms with Crippen molar-refractivity contribution in [1.29, 1.82) is 0 Å². The second-order valence-corrected chi connectivity index (χ2v) is 6.72. The first-order valence-corrected chi connectivity index (χ1v) is 9.04. The number of nitrogens with zero attached hydrogens (tertiary/aromatic N) is 1. The van der Waals surface area contributed by atoms with Crippen molar-refractivity contribution in [3.05, 3.63) is 75.0 Å². The molecule has 0 bridgehead atoms. The van der Waals surface area contributed by atoms with Crippen LogP contribution in [0.15, 0.2) is 62.3 Å². The Morgan fingerprint density at radius 3 is 2.67 bits per heavy atom. The first-order valence-electron chi connectivity index (χ1n) is 8.25. The lowest BCUT2D eigenvalue weighted by Gasteiger charge is -2.20. The number of pyridine rings is 1. The van der Waals surface area contributed by atoms with Crippen LogP contribution < -0.4 is 20.3 Å². The number of carbonyl (C=O) groups is 1. The summed E-state index contributed by atoms with van der Waals surface area (Å²) in [4.78, 5) is 24.3. The van der Waals surface area contributed by atoms with E-state index in [1.165, 1.54) is 10.6 Å². The fourth-order valence-electron chi connectivity index (χ4n) is 2.69. The smallest absolute Gasteiger partial charge is 0.291 e. The van der Waals surface area contributed by atoms with Crippen molar-refractivity contribution in [2.24, 2.45) is 0 Å². The molecule has 0 saturated heterocycles. The maximum atomic E-state index is 12.5. The second-order valence-electron chi connectivity index (χ2n) is 5.86. The van der Waals surface area contributed by atoms with E-state index in [0.29, 0.717) is 40.6 Å². The van der Waals surface area contributed by atoms with Gasteiger partial charge in [0, 0.05) is 28.9 Å². The van der Waals surface area contributed by atoms with Gasteiger partial charge in [0.05, 0.1) is 12.2 Å². The Morgan fingerprint density at radius 1 is 1.11 bits per heavy atom. The summed E-state index contributed by atoms with van der Waals surface area (Å²) in [6, 6.07) is 11.6. The molecule has 27 heavy (non-hydrogen) atoms. The van der Waals surface area contributed by atoms with Crippen molar-refractivity contribution in [3.63, 3.8) is 0 Å². The second kappa shape index (κ2) is 7.32. The van der Waals surface area contributed by atoms with Crippen LogP contribution in [-0.2, 0) is 6.54 Å². The summed E-state index contributed by atoms with van der Waals surface area (Å²) in [5, 5.41) is 2.78. The van der Waals surface area contributed by atoms with Crippen molar-refractivity contribution in [3.8, 4) is 11.5 Å². The number of halogens is 1. The molecule has 1 N–H and O–H groups in total. The summed E-state index contributed by atoms with van der Waals surface area (Å²) < 4.78 is 18.8. The molecule has 4 rings (SSSR count). The van der Waals surface area contributed by atoms with Gasteiger partial charge in [-0.3, -0.25) is 9.59 Å². The fourth-order valence-corrected chi connectivity index (χ4v) is 3.11. The Labute approximate surface area is 162 Å². The zero-order valence-electron chi connectivity index (χ0n) is 14.1. The van der Waals surface area contributed by atoms with Gasteiger partial charge in [-0.15, -0.1) is 0 Å². The Kier molecular flexibility index (Phi) is 4.72. The van der Waals surface area contributed by atoms with E-state index < -0.39 is 5.91 Å². The third-order valence-electron chi connectivity index (χ3n) is 3.99. The molecule has 3 aromatic rings. The van der Waals surface area contributed by atoms with E-state index in [2.05, 4.69) is 21.2 Å². The molecule has 1 amide bonds. The molecule has 1 aromatic carbocycles. The lowest BCUT2D eigenvalue weighted by molar-refractivity contribution is 0.0994. The van der Waals surface area contributed by atoms with Gasteiger partial charge < -0.3 is 23.8 Å². The molecule has 1 aliphatic heterocycles. The molecule has 138 valence electrons. The number of nitrogens with one attached hydrogen (secondary N) is 1. The van der Waals surface area contributed by atoms with E-state index in [1.807, 2.05) is 0 Å². The summed E-state index contributed by atoms with van der Waals surface area (Å²) in [5.74, 6) is 1.45. The molecule has 0 unspecified atom stereocenters. The Balaban J connectivity index is 1.50. The van der Waals surface area contributed by atoms with Gasteiger partial charge in [0.1, 0.15) is 19.0 Å². The molecule has 0 fully saturated rings. The summed E-state index contributed by atoms with van der Waals surface area (Å²) >= 11 is 3.41. The molecule has 3 heterocycles. The highest BCUT2D eigenvalue weighted by atomic mass is 79.9. The predicted molar refractivity (Wildman–Crippen MR) is 102 cm³/mol. The maximum absolute atomic E-state index is 12.5. The summed E-state index contributed by atoms with van der Waals surface area (Å²) in [5.41, 5.74) is 0.404. The average molecular weight is 431 g/mol. The van der Waals surface area contributed by atoms with Crippen molar-refractivity contribution in [2.75, 3.05) is 18.5 Å². The molecule has 7 nitrogen and oxygen atoms in total. The van der Waals surface area contributed by atoms with Gasteiger partial charge in [-0.05, 0) is 34.1 Å². The normalized spacial score (nSPS) is 12.6. The molecule has 0 saturated carbocycles. The van der Waals surface area contributed by atoms with E-state index in [0.717, 1.165) is 0 Å². The molecule has 0 aliphatic carbocycles. The standard InChI is InChI=1S/C19H15BrN2O5/c20-13-9-16-17(26-8-7-25-16)10-14(13)21-19(24)15-5-4-12(27-15)11-22-6-2-1-3-18(22)23/h1-6,9-10H,7-8,11H2,(H,21,24). The van der Waals surface area contributed by atoms with Crippen LogP contribution in [0, 0.1) is 0 Å². The van der Waals surface area contributed by atoms with Gasteiger partial charge in [-0.1, -0.05) is 6.07 Å². The Hall–Kier alpha value is -3.00. The van der Waals surface area contributed by atoms with E-state index in [9.17, 15) is 9.59 Å². The van der Waals surface area contributed by atoms with E-state index >= 15 is 0 Å². The van der Waals surface area contributed by atoms with Crippen LogP contribution >= 0.6 is 15.9 Å². The van der Waals surface area contributed by atoms with Crippen LogP contribution in [-0.4, -0.2) is 23.7 Å². The number of hydrogen-bond acceptors (Lipinski definition) is 5. The third kappa shape index (κ3) is 3.75. The average Bonchev–Trinajstić information content (AvgIpc) is 3.13. The van der Waals surface area contributed by atoms with E-state index in [-0.39, 0.29) is 17.9 Å². The number of ether oxygens (including phenoxy) is 2. The lowest BCUT2D eigenvalue weighted by atomic mass is 10.2. The minimum absolute atomic E-state index is 0.139. The van der Waals surface area contributed by atoms with E-state index in [4.69, 9.17) is 13.9 Å². The molecular formula is C19H15BrN2O5. The number of rotatable bonds is 4. The van der Waals surface area contributed by atoms with Crippen LogP contribution in [0.3, 0.4) is 0 Å². The minimum atomic E-state index is -0.404. The maximum Gasteiger partial charge on any atom is 0.291 e. The quantitative estimate of drug-likeness (QED) is 0.686. The predicted octanol–water partition coefficient (Wildman–Crippen LogP) is 3.28. The number of furan rings is 1. The number of fused-ring (bicyclic) bond motifs is 1. The molecule has 2 aromatic heterocycles. The third-order valence-corrected chi connectivity index (χ3v) is 4.65. The van der Waals surface area contributed by atoms with Crippen LogP contribution in [0.25, 0.3) is 0 Å². The monoisotopic (exact) mass is 430 g/mol. The summed E-state index contributed by atoms with van der Waals surface area (Å²) in [6.07, 6.45) is 1.66. The van der Waals surface area contributed by atoms with Gasteiger partial charge in [-0.25, -0.2) is 0 Å². The van der Waals surface area contributed by atoms with Crippen LogP contribution in [0.4, 0.5) is 5.69 Å². The van der Waals surface area contributed by atoms with Gasteiger partial charge in [-0.2, -0.15) is 0 Å². The number of carbonyl (C=O) groups excluding carboxylic acids is 1. The minimum Gasteiger partial charge on any atom is -0.486 e. The molecule has 1 aliphatic rings. The molecular weight excluding hydrogens is 416 g/mol. The SMILES string of the molecule is O=C(Nc1cc2c(cc1Br)OCCO2)c1ccc(Cn2ccccc2=O)o1. The molecule has 8 heteroatoms. The van der Waals surface area contributed by atoms with Crippen molar-refractivity contribution >= 4 is 27.5 Å². The summed E-state index contributed by atoms with van der Waals surface area (Å²) in [7, 11) is 0. The number of hydrogen-bond donors (Lipinski definition) is 1. The number of amides is 1. The van der Waals surface area contributed by atoms with Crippen molar-refractivity contribution < 1.29 is 18.7 Å². The zero-order chi connectivity index (χ0) is 18.8. The van der Waals surface area contributed by atoms with Crippen LogP contribution in [0.2, 0.25) is 0 Å². The Morgan fingerprint density at radius 2 is 1.89 bits per heavy atom. The van der Waals surface area contributed by atoms with Gasteiger partial charge in [0.2, 0.25) is 0 Å². The molecule has 0 atom stereocenters. The van der Waals surface area contributed by atoms with Gasteiger partial charge in [0.15, 0.2) is 17.3 Å². The Bertz CT molecular complexity index is 1060. The first kappa shape index (κ1) is 17.4. The summed E-state index contributed by atoms with van der Waals surface area (Å²) in [6.45, 7) is 1.20. The highest BCUT2D eigenvalue weighted by Gasteiger charge is 2.18. The van der Waals surface area contributed by atoms with Crippen molar-refractivity contribution in [2.45, 2.75) is 6.54 Å². The first-order chi connectivity index (χ1) is 13.1.